The quantitative estimate of drug-likeness (QED) is 0.140. The van der Waals surface area contributed by atoms with Gasteiger partial charge in [0.25, 0.3) is 0 Å². The summed E-state index contributed by atoms with van der Waals surface area (Å²) in [5.74, 6) is 0. The van der Waals surface area contributed by atoms with E-state index in [1.807, 2.05) is 129 Å². The van der Waals surface area contributed by atoms with Crippen molar-refractivity contribution in [2.75, 3.05) is 84.2 Å². The van der Waals surface area contributed by atoms with Crippen LogP contribution in [0.3, 0.4) is 0 Å². The minimum absolute atomic E-state index is 0.0759. The maximum absolute atomic E-state index is 9.57. The molecule has 5 aliphatic heterocycles. The SMILES string of the molecule is Cc1cc(-c2ccccc2)ccc1N1c2cccc(C#N)c2N(C)[C@@H]1C.Cc1cc2c(cc1N1c3cccc(C#N)c3N(C)[C@@H]1C)oc1ccccc12.Cc1ccc(-c2ccccc2)cc1N1c2cccc(C#N)c2N(C)[C@@H]1C.Cc1ccc2c(oc3ccccc32)c1N1c2cccc(C#N)c2N(C)[C@@H]1C.Cc1cccc(-c2ccccc2)c1N1c2cccc(C#N)c2N(C)[C@@H]1C. The second-order valence-electron chi connectivity index (χ2n) is 34.5. The van der Waals surface area contributed by atoms with Crippen LogP contribution in [0.15, 0.2) is 318 Å². The van der Waals surface area contributed by atoms with Gasteiger partial charge in [-0.05, 0) is 222 Å². The Labute approximate surface area is 772 Å². The summed E-state index contributed by atoms with van der Waals surface area (Å²) in [6.45, 7) is 21.5. The van der Waals surface area contributed by atoms with Crippen LogP contribution in [0.4, 0.5) is 85.3 Å². The molecule has 0 N–H and O–H groups in total. The Kier molecular flexibility index (Phi) is 23.2. The molecule has 5 atom stereocenters. The monoisotopic (exact) mass is 1720 g/mol. The van der Waals surface area contributed by atoms with Gasteiger partial charge in [-0.1, -0.05) is 206 Å². The first kappa shape index (κ1) is 86.1. The van der Waals surface area contributed by atoms with Crippen molar-refractivity contribution in [3.8, 4) is 63.7 Å². The average Bonchev–Trinajstić information content (AvgIpc) is 1.61. The van der Waals surface area contributed by atoms with Gasteiger partial charge in [0.05, 0.1) is 96.1 Å². The van der Waals surface area contributed by atoms with E-state index in [4.69, 9.17) is 8.83 Å². The molecule has 7 heterocycles. The molecule has 0 aliphatic carbocycles. The number of nitriles is 5. The molecule has 0 saturated heterocycles. The van der Waals surface area contributed by atoms with Crippen molar-refractivity contribution in [2.24, 2.45) is 0 Å². The standard InChI is InChI=1S/2C23H19N3O.3C23H21N3/c1-14-11-18-17-8-4-5-10-21(17)27-22(18)12-20(14)26-15(2)25(3)23-16(13-24)7-6-9-19(23)26;1-14-11-12-18-17-8-4-5-10-20(17)27-23(18)21(14)26-15(2)25(3)22-16(13-24)7-6-9-19(22)26;1-16-9-7-13-20(18-10-5-4-6-11-18)22(16)26-17(2)25(3)23-19(15-24)12-8-14-21(23)26;1-16-14-19(18-8-5-4-6-9-18)12-13-21(16)26-17(2)25(3)23-20(15-24)10-7-11-22(23)26;1-16-12-13-19(18-8-5-4-6-9-18)14-22(16)26-17(2)25(3)23-20(15-24)10-7-11-21(23)26/h2*4-12,15H,1-3H3;3*4-14,17H,1-3H3/t2*15-;3*17-/m00000/s1. The molecule has 0 saturated carbocycles. The fraction of sp³-hybridized carbons (Fsp3) is 0.174. The molecular formula is C115H101N15O2. The number of benzene rings is 15. The van der Waals surface area contributed by atoms with Crippen LogP contribution < -0.4 is 49.0 Å². The Hall–Kier alpha value is -16.7. The summed E-state index contributed by atoms with van der Waals surface area (Å²) < 4.78 is 12.4. The van der Waals surface area contributed by atoms with Gasteiger partial charge in [0.1, 0.15) is 77.9 Å². The molecule has 22 rings (SSSR count). The lowest BCUT2D eigenvalue weighted by molar-refractivity contribution is 0.661. The molecule has 0 radical (unpaired) electrons. The van der Waals surface area contributed by atoms with E-state index in [1.165, 1.54) is 72.7 Å². The van der Waals surface area contributed by atoms with E-state index < -0.39 is 0 Å². The number of nitrogens with zero attached hydrogens (tertiary/aromatic N) is 15. The second kappa shape index (κ2) is 35.5. The number of hydrogen-bond acceptors (Lipinski definition) is 17. The third-order valence-corrected chi connectivity index (χ3v) is 27.0. The Morgan fingerprint density at radius 1 is 0.220 bits per heavy atom. The number of aryl methyl sites for hydroxylation is 5. The summed E-state index contributed by atoms with van der Waals surface area (Å²) in [6.07, 6.45) is 0.607. The number of fused-ring (bicyclic) bond motifs is 11. The summed E-state index contributed by atoms with van der Waals surface area (Å²) >= 11 is 0. The van der Waals surface area contributed by atoms with Crippen LogP contribution in [0, 0.1) is 91.3 Å². The largest absolute Gasteiger partial charge is 0.456 e. The number of para-hydroxylation sites is 8. The van der Waals surface area contributed by atoms with Crippen molar-refractivity contribution in [2.45, 2.75) is 100 Å². The lowest BCUT2D eigenvalue weighted by Gasteiger charge is -2.31. The molecule has 17 heteroatoms. The van der Waals surface area contributed by atoms with Crippen molar-refractivity contribution in [1.29, 1.82) is 26.3 Å². The van der Waals surface area contributed by atoms with Gasteiger partial charge in [-0.2, -0.15) is 26.3 Å². The highest BCUT2D eigenvalue weighted by molar-refractivity contribution is 6.12. The van der Waals surface area contributed by atoms with Gasteiger partial charge >= 0.3 is 0 Å². The fourth-order valence-electron chi connectivity index (χ4n) is 19.9. The van der Waals surface area contributed by atoms with Gasteiger partial charge in [0, 0.05) is 85.5 Å². The van der Waals surface area contributed by atoms with Crippen LogP contribution in [0.1, 0.15) is 90.3 Å². The summed E-state index contributed by atoms with van der Waals surface area (Å²) in [4.78, 5) is 22.5. The topological polar surface area (TPSA) is 178 Å². The van der Waals surface area contributed by atoms with Gasteiger partial charge in [0.2, 0.25) is 0 Å². The Morgan fingerprint density at radius 3 is 1.01 bits per heavy atom. The number of rotatable bonds is 8. The molecule has 132 heavy (non-hydrogen) atoms. The third-order valence-electron chi connectivity index (χ3n) is 27.0. The average molecular weight is 1730 g/mol. The maximum Gasteiger partial charge on any atom is 0.159 e. The first-order valence-corrected chi connectivity index (χ1v) is 44.6. The first-order valence-electron chi connectivity index (χ1n) is 44.6. The molecule has 0 spiro atoms. The third kappa shape index (κ3) is 14.9. The van der Waals surface area contributed by atoms with E-state index in [1.54, 1.807) is 0 Å². The van der Waals surface area contributed by atoms with E-state index in [0.717, 1.165) is 129 Å². The zero-order chi connectivity index (χ0) is 92.2. The molecule has 5 aliphatic rings. The van der Waals surface area contributed by atoms with E-state index in [0.29, 0.717) is 16.7 Å². The van der Waals surface area contributed by atoms with Crippen molar-refractivity contribution in [1.82, 2.24) is 0 Å². The van der Waals surface area contributed by atoms with Crippen LogP contribution in [0.25, 0.3) is 77.3 Å². The van der Waals surface area contributed by atoms with E-state index >= 15 is 0 Å². The van der Waals surface area contributed by atoms with E-state index in [2.05, 4.69) is 364 Å². The molecule has 648 valence electrons. The summed E-state index contributed by atoms with van der Waals surface area (Å²) in [5.41, 5.74) is 36.5. The van der Waals surface area contributed by atoms with Crippen molar-refractivity contribution in [3.63, 3.8) is 0 Å². The van der Waals surface area contributed by atoms with Crippen LogP contribution in [-0.2, 0) is 0 Å². The summed E-state index contributed by atoms with van der Waals surface area (Å²) in [5, 5.41) is 52.2. The molecule has 17 nitrogen and oxygen atoms in total. The number of furan rings is 2. The van der Waals surface area contributed by atoms with E-state index in [-0.39, 0.29) is 30.8 Å². The molecular weight excluding hydrogens is 1620 g/mol. The first-order chi connectivity index (χ1) is 64.1. The molecule has 0 amide bonds. The molecule has 17 aromatic rings. The highest BCUT2D eigenvalue weighted by Crippen LogP contribution is 2.55. The van der Waals surface area contributed by atoms with Crippen LogP contribution >= 0.6 is 0 Å². The van der Waals surface area contributed by atoms with Crippen molar-refractivity contribution >= 4 is 129 Å². The summed E-state index contributed by atoms with van der Waals surface area (Å²) in [6, 6.07) is 117. The zero-order valence-electron chi connectivity index (χ0n) is 76.9. The normalized spacial score (nSPS) is 15.9. The van der Waals surface area contributed by atoms with Crippen LogP contribution in [-0.4, -0.2) is 66.1 Å². The maximum atomic E-state index is 9.57. The van der Waals surface area contributed by atoms with Crippen LogP contribution in [0.2, 0.25) is 0 Å². The van der Waals surface area contributed by atoms with Crippen LogP contribution in [0.5, 0.6) is 0 Å². The Bertz CT molecular complexity index is 7570. The second-order valence-corrected chi connectivity index (χ2v) is 34.5. The van der Waals surface area contributed by atoms with Gasteiger partial charge in [-0.3, -0.25) is 0 Å². The lowest BCUT2D eigenvalue weighted by atomic mass is 9.99. The molecule has 15 aromatic carbocycles. The number of hydrogen-bond donors (Lipinski definition) is 0. The summed E-state index contributed by atoms with van der Waals surface area (Å²) in [7, 11) is 10.3. The Balaban J connectivity index is 0.000000111. The lowest BCUT2D eigenvalue weighted by Crippen LogP contribution is -2.36. The highest BCUT2D eigenvalue weighted by atomic mass is 16.3. The highest BCUT2D eigenvalue weighted by Gasteiger charge is 2.41. The van der Waals surface area contributed by atoms with E-state index in [9.17, 15) is 26.3 Å². The zero-order valence-corrected chi connectivity index (χ0v) is 76.9. The van der Waals surface area contributed by atoms with Crippen molar-refractivity contribution in [3.05, 3.63) is 365 Å². The Morgan fingerprint density at radius 2 is 0.561 bits per heavy atom. The molecule has 0 fully saturated rings. The minimum atomic E-state index is 0.0759. The number of anilines is 15. The van der Waals surface area contributed by atoms with Gasteiger partial charge in [-0.25, -0.2) is 0 Å². The van der Waals surface area contributed by atoms with Gasteiger partial charge in [0.15, 0.2) is 5.58 Å². The van der Waals surface area contributed by atoms with Crippen molar-refractivity contribution < 1.29 is 8.83 Å². The predicted molar refractivity (Wildman–Crippen MR) is 543 cm³/mol. The molecule has 2 aromatic heterocycles. The van der Waals surface area contributed by atoms with Gasteiger partial charge in [-0.15, -0.1) is 0 Å². The predicted octanol–water partition coefficient (Wildman–Crippen LogP) is 27.8. The smallest absolute Gasteiger partial charge is 0.159 e. The fourth-order valence-corrected chi connectivity index (χ4v) is 19.9. The molecule has 0 unspecified atom stereocenters. The molecule has 0 bridgehead atoms. The minimum Gasteiger partial charge on any atom is -0.456 e. The van der Waals surface area contributed by atoms with Gasteiger partial charge < -0.3 is 57.8 Å².